The van der Waals surface area contributed by atoms with Gasteiger partial charge in [0.15, 0.2) is 5.96 Å². The molecule has 1 heterocycles. The Morgan fingerprint density at radius 3 is 2.54 bits per heavy atom. The van der Waals surface area contributed by atoms with E-state index >= 15 is 0 Å². The van der Waals surface area contributed by atoms with Crippen LogP contribution in [-0.2, 0) is 17.9 Å². The van der Waals surface area contributed by atoms with Crippen molar-refractivity contribution in [3.63, 3.8) is 0 Å². The van der Waals surface area contributed by atoms with Gasteiger partial charge in [-0.1, -0.05) is 30.3 Å². The molecule has 6 nitrogen and oxygen atoms in total. The van der Waals surface area contributed by atoms with Gasteiger partial charge in [-0.05, 0) is 12.5 Å². The summed E-state index contributed by atoms with van der Waals surface area (Å²) in [6, 6.07) is 10.0. The summed E-state index contributed by atoms with van der Waals surface area (Å²) in [5.41, 5.74) is 2.15. The van der Waals surface area contributed by atoms with E-state index in [-0.39, 0.29) is 5.91 Å². The number of thiazole rings is 1. The highest BCUT2D eigenvalue weighted by Gasteiger charge is 2.12. The standard InChI is InChI=1S/C19H27N5OS/c1-15-22-17(14-26-15)13-24(4)19(20-2)21-11-10-18(25)23(3)12-16-8-6-5-7-9-16/h5-9,14H,10-13H2,1-4H3,(H,20,21). The lowest BCUT2D eigenvalue weighted by Gasteiger charge is -2.22. The van der Waals surface area contributed by atoms with Gasteiger partial charge in [0, 0.05) is 46.0 Å². The maximum absolute atomic E-state index is 12.3. The maximum Gasteiger partial charge on any atom is 0.224 e. The van der Waals surface area contributed by atoms with Gasteiger partial charge in [0.05, 0.1) is 17.2 Å². The Kier molecular flexibility index (Phi) is 7.59. The molecule has 1 aromatic carbocycles. The van der Waals surface area contributed by atoms with Crippen molar-refractivity contribution in [2.45, 2.75) is 26.4 Å². The fourth-order valence-electron chi connectivity index (χ4n) is 2.60. The zero-order valence-corrected chi connectivity index (χ0v) is 16.7. The molecule has 1 amide bonds. The number of nitrogens with one attached hydrogen (secondary N) is 1. The van der Waals surface area contributed by atoms with Gasteiger partial charge in [0.2, 0.25) is 5.91 Å². The summed E-state index contributed by atoms with van der Waals surface area (Å²) in [7, 11) is 5.54. The van der Waals surface area contributed by atoms with E-state index in [4.69, 9.17) is 0 Å². The zero-order chi connectivity index (χ0) is 18.9. The first-order valence-electron chi connectivity index (χ1n) is 8.60. The van der Waals surface area contributed by atoms with Crippen molar-refractivity contribution in [3.8, 4) is 0 Å². The second kappa shape index (κ2) is 9.91. The summed E-state index contributed by atoms with van der Waals surface area (Å²) < 4.78 is 0. The van der Waals surface area contributed by atoms with Gasteiger partial charge in [0.1, 0.15) is 0 Å². The first kappa shape index (κ1) is 19.9. The second-order valence-corrected chi connectivity index (χ2v) is 7.24. The summed E-state index contributed by atoms with van der Waals surface area (Å²) in [6.07, 6.45) is 0.423. The predicted octanol–water partition coefficient (Wildman–Crippen LogP) is 2.51. The van der Waals surface area contributed by atoms with Gasteiger partial charge >= 0.3 is 0 Å². The predicted molar refractivity (Wildman–Crippen MR) is 107 cm³/mol. The molecule has 0 bridgehead atoms. The van der Waals surface area contributed by atoms with Crippen LogP contribution >= 0.6 is 11.3 Å². The monoisotopic (exact) mass is 373 g/mol. The molecule has 26 heavy (non-hydrogen) atoms. The van der Waals surface area contributed by atoms with Crippen LogP contribution in [0, 0.1) is 6.92 Å². The molecule has 0 spiro atoms. The van der Waals surface area contributed by atoms with Crippen molar-refractivity contribution in [2.24, 2.45) is 4.99 Å². The van der Waals surface area contributed by atoms with Gasteiger partial charge in [-0.2, -0.15) is 0 Å². The minimum atomic E-state index is 0.106. The van der Waals surface area contributed by atoms with Gasteiger partial charge in [0.25, 0.3) is 0 Å². The average Bonchev–Trinajstić information content (AvgIpc) is 3.04. The number of carbonyl (C=O) groups excluding carboxylic acids is 1. The number of amides is 1. The number of rotatable bonds is 7. The average molecular weight is 374 g/mol. The van der Waals surface area contributed by atoms with Crippen LogP contribution in [0.4, 0.5) is 0 Å². The number of aliphatic imine (C=N–C) groups is 1. The number of aryl methyl sites for hydroxylation is 1. The van der Waals surface area contributed by atoms with Crippen molar-refractivity contribution in [2.75, 3.05) is 27.7 Å². The second-order valence-electron chi connectivity index (χ2n) is 6.17. The topological polar surface area (TPSA) is 60.8 Å². The van der Waals surface area contributed by atoms with E-state index < -0.39 is 0 Å². The van der Waals surface area contributed by atoms with Crippen molar-refractivity contribution in [3.05, 3.63) is 52.0 Å². The van der Waals surface area contributed by atoms with Crippen LogP contribution in [-0.4, -0.2) is 54.3 Å². The Morgan fingerprint density at radius 1 is 1.19 bits per heavy atom. The molecule has 2 rings (SSSR count). The molecule has 7 heteroatoms. The SMILES string of the molecule is CN=C(NCCC(=O)N(C)Cc1ccccc1)N(C)Cc1csc(C)n1. The number of nitrogens with zero attached hydrogens (tertiary/aromatic N) is 4. The Balaban J connectivity index is 1.76. The molecule has 1 aromatic heterocycles. The molecule has 1 N–H and O–H groups in total. The van der Waals surface area contributed by atoms with Crippen LogP contribution in [0.25, 0.3) is 0 Å². The molecule has 0 aliphatic carbocycles. The van der Waals surface area contributed by atoms with Gasteiger partial charge in [-0.25, -0.2) is 4.98 Å². The first-order chi connectivity index (χ1) is 12.5. The van der Waals surface area contributed by atoms with E-state index in [9.17, 15) is 4.79 Å². The van der Waals surface area contributed by atoms with Crippen molar-refractivity contribution < 1.29 is 4.79 Å². The normalized spacial score (nSPS) is 11.3. The maximum atomic E-state index is 12.3. The first-order valence-corrected chi connectivity index (χ1v) is 9.48. The lowest BCUT2D eigenvalue weighted by Crippen LogP contribution is -2.40. The fraction of sp³-hybridized carbons (Fsp3) is 0.421. The third kappa shape index (κ3) is 6.15. The third-order valence-electron chi connectivity index (χ3n) is 3.95. The van der Waals surface area contributed by atoms with E-state index in [1.165, 1.54) is 0 Å². The van der Waals surface area contributed by atoms with Gasteiger partial charge in [-0.3, -0.25) is 9.79 Å². The van der Waals surface area contributed by atoms with E-state index in [1.807, 2.05) is 56.3 Å². The van der Waals surface area contributed by atoms with Crippen LogP contribution in [0.1, 0.15) is 22.7 Å². The van der Waals surface area contributed by atoms with E-state index in [1.54, 1.807) is 23.3 Å². The summed E-state index contributed by atoms with van der Waals surface area (Å²) >= 11 is 1.64. The number of hydrogen-bond acceptors (Lipinski definition) is 4. The number of benzene rings is 1. The molecular weight excluding hydrogens is 346 g/mol. The lowest BCUT2D eigenvalue weighted by atomic mass is 10.2. The number of carbonyl (C=O) groups is 1. The molecule has 0 saturated carbocycles. The van der Waals surface area contributed by atoms with Gasteiger partial charge < -0.3 is 15.1 Å². The third-order valence-corrected chi connectivity index (χ3v) is 4.77. The Labute approximate surface area is 159 Å². The Morgan fingerprint density at radius 2 is 1.92 bits per heavy atom. The molecule has 0 radical (unpaired) electrons. The fourth-order valence-corrected chi connectivity index (χ4v) is 3.20. The largest absolute Gasteiger partial charge is 0.356 e. The summed E-state index contributed by atoms with van der Waals surface area (Å²) in [4.78, 5) is 24.8. The minimum Gasteiger partial charge on any atom is -0.356 e. The van der Waals surface area contributed by atoms with E-state index in [0.717, 1.165) is 22.2 Å². The Bertz CT molecular complexity index is 729. The summed E-state index contributed by atoms with van der Waals surface area (Å²) in [6.45, 7) is 3.85. The molecule has 0 atom stereocenters. The van der Waals surface area contributed by atoms with E-state index in [0.29, 0.717) is 26.1 Å². The molecule has 2 aromatic rings. The smallest absolute Gasteiger partial charge is 0.224 e. The number of aromatic nitrogens is 1. The molecular formula is C19H27N5OS. The van der Waals surface area contributed by atoms with Crippen LogP contribution in [0.15, 0.2) is 40.7 Å². The van der Waals surface area contributed by atoms with Gasteiger partial charge in [-0.15, -0.1) is 11.3 Å². The molecule has 0 fully saturated rings. The minimum absolute atomic E-state index is 0.106. The molecule has 0 unspecified atom stereocenters. The highest BCUT2D eigenvalue weighted by Crippen LogP contribution is 2.09. The van der Waals surface area contributed by atoms with Crippen LogP contribution in [0.5, 0.6) is 0 Å². The van der Waals surface area contributed by atoms with Crippen molar-refractivity contribution in [1.29, 1.82) is 0 Å². The molecule has 0 saturated heterocycles. The molecule has 0 aliphatic heterocycles. The van der Waals surface area contributed by atoms with Crippen molar-refractivity contribution in [1.82, 2.24) is 20.1 Å². The lowest BCUT2D eigenvalue weighted by molar-refractivity contribution is -0.130. The number of guanidine groups is 1. The van der Waals surface area contributed by atoms with Crippen LogP contribution in [0.2, 0.25) is 0 Å². The Hall–Kier alpha value is -2.41. The zero-order valence-electron chi connectivity index (χ0n) is 15.9. The highest BCUT2D eigenvalue weighted by atomic mass is 32.1. The highest BCUT2D eigenvalue weighted by molar-refractivity contribution is 7.09. The molecule has 0 aliphatic rings. The number of hydrogen-bond donors (Lipinski definition) is 1. The van der Waals surface area contributed by atoms with E-state index in [2.05, 4.69) is 20.7 Å². The summed E-state index contributed by atoms with van der Waals surface area (Å²) in [5, 5.41) is 6.37. The molecule has 140 valence electrons. The van der Waals surface area contributed by atoms with Crippen LogP contribution < -0.4 is 5.32 Å². The summed E-state index contributed by atoms with van der Waals surface area (Å²) in [5.74, 6) is 0.865. The van der Waals surface area contributed by atoms with Crippen LogP contribution in [0.3, 0.4) is 0 Å². The quantitative estimate of drug-likeness (QED) is 0.598. The van der Waals surface area contributed by atoms with Crippen molar-refractivity contribution >= 4 is 23.2 Å².